The summed E-state index contributed by atoms with van der Waals surface area (Å²) in [6.07, 6.45) is 0. The summed E-state index contributed by atoms with van der Waals surface area (Å²) in [6.45, 7) is 0. The molecule has 0 rings (SSSR count). The van der Waals surface area contributed by atoms with Crippen LogP contribution in [0.25, 0.3) is 0 Å². The molecule has 0 fully saturated rings. The molecule has 0 bridgehead atoms. The van der Waals surface area contributed by atoms with E-state index in [1.54, 1.807) is 0 Å². The first-order chi connectivity index (χ1) is 0. The normalized spacial score (nSPS) is 0. The SMILES string of the molecule is [Os].[Os].[Os].[Os].[Os].[Os].[Os].[Os].[Os].[Os].[Os].[Os].[Os].[Os].[Os].[Os].[Os].[Os].[Os].[Os].[Os]. The van der Waals surface area contributed by atoms with Gasteiger partial charge in [-0.2, -0.15) is 0 Å². The Labute approximate surface area is 404 Å². The smallest absolute Gasteiger partial charge is 0 e. The first-order valence-corrected chi connectivity index (χ1v) is 0. The van der Waals surface area contributed by atoms with Gasteiger partial charge in [0, 0.05) is 416 Å². The third-order valence-corrected chi connectivity index (χ3v) is 0. The maximum atomic E-state index is 0. The number of hydrogen-bond acceptors (Lipinski definition) is 0. The van der Waals surface area contributed by atoms with Crippen LogP contribution in [0.2, 0.25) is 0 Å². The number of rotatable bonds is 0. The standard InChI is InChI=1S/21Os. The fourth-order valence-corrected chi connectivity index (χ4v) is 0. The minimum atomic E-state index is 0. The zero-order chi connectivity index (χ0) is 0. The van der Waals surface area contributed by atoms with Crippen LogP contribution in [0, 0.1) is 0 Å². The zero-order valence-electron chi connectivity index (χ0n) is 7.42. The molecule has 0 aromatic carbocycles. The Morgan fingerprint density at radius 1 is 0.0476 bits per heavy atom. The molecule has 0 nitrogen and oxygen atoms in total. The Morgan fingerprint density at radius 2 is 0.0476 bits per heavy atom. The second-order valence-corrected chi connectivity index (χ2v) is 0. The molecular weight excluding hydrogens is 3990 g/mol. The second-order valence-electron chi connectivity index (χ2n) is 0. The van der Waals surface area contributed by atoms with Gasteiger partial charge in [-0.25, -0.2) is 0 Å². The van der Waals surface area contributed by atoms with Crippen LogP contribution < -0.4 is 0 Å². The van der Waals surface area contributed by atoms with Gasteiger partial charge in [-0.1, -0.05) is 0 Å². The van der Waals surface area contributed by atoms with Crippen molar-refractivity contribution in [3.05, 3.63) is 0 Å². The van der Waals surface area contributed by atoms with E-state index in [4.69, 9.17) is 0 Å². The van der Waals surface area contributed by atoms with Gasteiger partial charge in [0.25, 0.3) is 0 Å². The van der Waals surface area contributed by atoms with Gasteiger partial charge in [0.2, 0.25) is 0 Å². The van der Waals surface area contributed by atoms with E-state index in [1.165, 1.54) is 0 Å². The van der Waals surface area contributed by atoms with Crippen molar-refractivity contribution in [2.24, 2.45) is 0 Å². The van der Waals surface area contributed by atoms with E-state index in [1.807, 2.05) is 0 Å². The first kappa shape index (κ1) is 214. The van der Waals surface area contributed by atoms with Gasteiger partial charge < -0.3 is 0 Å². The fraction of sp³-hybridized carbons (Fsp3) is 0. The molecule has 0 aliphatic rings. The van der Waals surface area contributed by atoms with Crippen LogP contribution >= 0.6 is 0 Å². The van der Waals surface area contributed by atoms with Gasteiger partial charge in [-0.3, -0.25) is 0 Å². The first-order valence-electron chi connectivity index (χ1n) is 0. The quantitative estimate of drug-likeness (QED) is 0.320. The summed E-state index contributed by atoms with van der Waals surface area (Å²) in [5, 5.41) is 0. The van der Waals surface area contributed by atoms with Crippen molar-refractivity contribution in [3.8, 4) is 0 Å². The molecule has 0 aromatic heterocycles. The third-order valence-electron chi connectivity index (χ3n) is 0. The summed E-state index contributed by atoms with van der Waals surface area (Å²) < 4.78 is 0. The van der Waals surface area contributed by atoms with Crippen LogP contribution in [-0.2, 0) is 416 Å². The van der Waals surface area contributed by atoms with E-state index in [-0.39, 0.29) is 416 Å². The molecule has 0 atom stereocenters. The summed E-state index contributed by atoms with van der Waals surface area (Å²) in [5.41, 5.74) is 0. The molecule has 168 valence electrons. The van der Waals surface area contributed by atoms with Crippen LogP contribution in [0.4, 0.5) is 0 Å². The second kappa shape index (κ2) is 196. The summed E-state index contributed by atoms with van der Waals surface area (Å²) in [7, 11) is 0. The van der Waals surface area contributed by atoms with Crippen molar-refractivity contribution in [1.29, 1.82) is 0 Å². The molecule has 21 heavy (non-hydrogen) atoms. The molecule has 0 heterocycles. The van der Waals surface area contributed by atoms with Crippen LogP contribution in [-0.4, -0.2) is 0 Å². The molecule has 0 saturated carbocycles. The summed E-state index contributed by atoms with van der Waals surface area (Å²) in [4.78, 5) is 0. The number of hydrogen-bond donors (Lipinski definition) is 0. The van der Waals surface area contributed by atoms with Gasteiger partial charge in [0.05, 0.1) is 0 Å². The van der Waals surface area contributed by atoms with Gasteiger partial charge in [0.1, 0.15) is 0 Å². The van der Waals surface area contributed by atoms with Crippen LogP contribution in [0.5, 0.6) is 0 Å². The monoisotopic (exact) mass is 4030 g/mol. The maximum absolute atomic E-state index is 0. The Bertz CT molecular complexity index is 0. The van der Waals surface area contributed by atoms with E-state index < -0.39 is 0 Å². The molecule has 0 unspecified atom stereocenters. The predicted octanol–water partition coefficient (Wildman–Crippen LogP) is -0.0525. The van der Waals surface area contributed by atoms with Gasteiger partial charge in [-0.05, 0) is 0 Å². The Balaban J connectivity index is 0. The summed E-state index contributed by atoms with van der Waals surface area (Å²) >= 11 is 0. The Kier molecular flexibility index (Phi) is 2000. The minimum Gasteiger partial charge on any atom is 0 e. The van der Waals surface area contributed by atoms with E-state index in [9.17, 15) is 0 Å². The molecule has 0 spiro atoms. The molecule has 0 aliphatic carbocycles. The zero-order valence-corrected chi connectivity index (χ0v) is 60.8. The van der Waals surface area contributed by atoms with E-state index >= 15 is 0 Å². The molecule has 0 aromatic rings. The van der Waals surface area contributed by atoms with Gasteiger partial charge >= 0.3 is 0 Å². The summed E-state index contributed by atoms with van der Waals surface area (Å²) in [5.74, 6) is 0. The molecule has 0 N–H and O–H groups in total. The summed E-state index contributed by atoms with van der Waals surface area (Å²) in [6, 6.07) is 0. The van der Waals surface area contributed by atoms with Crippen LogP contribution in [0.15, 0.2) is 0 Å². The van der Waals surface area contributed by atoms with Crippen LogP contribution in [0.1, 0.15) is 0 Å². The molecule has 0 aliphatic heterocycles. The van der Waals surface area contributed by atoms with E-state index in [0.717, 1.165) is 0 Å². The van der Waals surface area contributed by atoms with Crippen molar-refractivity contribution in [1.82, 2.24) is 0 Å². The Morgan fingerprint density at radius 3 is 0.0476 bits per heavy atom. The van der Waals surface area contributed by atoms with Crippen molar-refractivity contribution in [2.75, 3.05) is 0 Å². The van der Waals surface area contributed by atoms with Gasteiger partial charge in [-0.15, -0.1) is 0 Å². The third kappa shape index (κ3) is 184. The Hall–Kier alpha value is 13.4. The molecule has 0 radical (unpaired) electrons. The van der Waals surface area contributed by atoms with Crippen molar-refractivity contribution >= 4 is 0 Å². The van der Waals surface area contributed by atoms with Crippen molar-refractivity contribution in [3.63, 3.8) is 0 Å². The molecule has 0 saturated heterocycles. The predicted molar refractivity (Wildman–Crippen MR) is 0 cm³/mol. The topological polar surface area (TPSA) is 0 Å². The van der Waals surface area contributed by atoms with E-state index in [2.05, 4.69) is 0 Å². The van der Waals surface area contributed by atoms with E-state index in [0.29, 0.717) is 0 Å². The van der Waals surface area contributed by atoms with Crippen molar-refractivity contribution in [2.45, 2.75) is 0 Å². The van der Waals surface area contributed by atoms with Gasteiger partial charge in [0.15, 0.2) is 0 Å². The average Bonchev–Trinajstić information content (AvgIpc) is 0. The van der Waals surface area contributed by atoms with Crippen molar-refractivity contribution < 1.29 is 416 Å². The van der Waals surface area contributed by atoms with Crippen LogP contribution in [0.3, 0.4) is 0 Å². The fourth-order valence-electron chi connectivity index (χ4n) is 0. The molecular formula is Os21. The molecule has 21 heteroatoms. The largest absolute Gasteiger partial charge is 0 e. The molecule has 0 amide bonds. The minimum absolute atomic E-state index is 0. The average molecular weight is 3990 g/mol. The maximum Gasteiger partial charge on any atom is 0 e.